The average molecular weight is 445 g/mol. The number of thioether (sulfide) groups is 1. The molecule has 2 heterocycles. The SMILES string of the molecule is C=CCn1c(SCc2cc([N+](=O)[O-])cc3c2OCOC3)nnc1-c1cccc(Cl)c1. The largest absolute Gasteiger partial charge is 0.467 e. The van der Waals surface area contributed by atoms with Gasteiger partial charge in [-0.2, -0.15) is 0 Å². The first-order chi connectivity index (χ1) is 14.6. The summed E-state index contributed by atoms with van der Waals surface area (Å²) >= 11 is 7.54. The molecule has 30 heavy (non-hydrogen) atoms. The molecule has 0 atom stereocenters. The summed E-state index contributed by atoms with van der Waals surface area (Å²) in [6.45, 7) is 4.72. The minimum atomic E-state index is -0.416. The Bertz CT molecular complexity index is 1120. The number of non-ortho nitro benzene ring substituents is 1. The number of hydrogen-bond acceptors (Lipinski definition) is 7. The molecule has 1 aromatic heterocycles. The van der Waals surface area contributed by atoms with Crippen molar-refractivity contribution in [1.29, 1.82) is 0 Å². The fourth-order valence-corrected chi connectivity index (χ4v) is 4.27. The number of aromatic nitrogens is 3. The second-order valence-corrected chi connectivity index (χ2v) is 7.84. The van der Waals surface area contributed by atoms with Crippen molar-refractivity contribution < 1.29 is 14.4 Å². The number of rotatable bonds is 7. The topological polar surface area (TPSA) is 92.3 Å². The number of nitrogens with zero attached hydrogens (tertiary/aromatic N) is 4. The summed E-state index contributed by atoms with van der Waals surface area (Å²) in [6, 6.07) is 10.4. The van der Waals surface area contributed by atoms with Gasteiger partial charge in [-0.15, -0.1) is 16.8 Å². The molecule has 0 saturated heterocycles. The van der Waals surface area contributed by atoms with Gasteiger partial charge in [-0.25, -0.2) is 0 Å². The molecule has 0 spiro atoms. The van der Waals surface area contributed by atoms with Crippen LogP contribution in [-0.4, -0.2) is 26.5 Å². The second-order valence-electron chi connectivity index (χ2n) is 6.47. The van der Waals surface area contributed by atoms with Gasteiger partial charge in [0.05, 0.1) is 11.5 Å². The second kappa shape index (κ2) is 8.86. The van der Waals surface area contributed by atoms with Crippen LogP contribution >= 0.6 is 23.4 Å². The number of allylic oxidation sites excluding steroid dienone is 1. The normalized spacial score (nSPS) is 12.8. The molecule has 154 valence electrons. The van der Waals surface area contributed by atoms with Crippen molar-refractivity contribution in [3.63, 3.8) is 0 Å². The third-order valence-electron chi connectivity index (χ3n) is 4.45. The summed E-state index contributed by atoms with van der Waals surface area (Å²) < 4.78 is 12.8. The summed E-state index contributed by atoms with van der Waals surface area (Å²) in [5.74, 6) is 1.73. The van der Waals surface area contributed by atoms with Gasteiger partial charge in [0.1, 0.15) is 5.75 Å². The van der Waals surface area contributed by atoms with E-state index in [9.17, 15) is 10.1 Å². The van der Waals surface area contributed by atoms with E-state index in [1.54, 1.807) is 12.1 Å². The molecule has 0 bridgehead atoms. The van der Waals surface area contributed by atoms with Gasteiger partial charge < -0.3 is 9.47 Å². The smallest absolute Gasteiger partial charge is 0.270 e. The van der Waals surface area contributed by atoms with Crippen LogP contribution in [0.4, 0.5) is 5.69 Å². The van der Waals surface area contributed by atoms with E-state index in [4.69, 9.17) is 21.1 Å². The van der Waals surface area contributed by atoms with Crippen LogP contribution < -0.4 is 4.74 Å². The van der Waals surface area contributed by atoms with E-state index < -0.39 is 4.92 Å². The summed E-state index contributed by atoms with van der Waals surface area (Å²) in [5.41, 5.74) is 2.23. The number of nitro groups is 1. The first kappa shape index (κ1) is 20.4. The van der Waals surface area contributed by atoms with Crippen LogP contribution in [0.15, 0.2) is 54.2 Å². The molecule has 0 unspecified atom stereocenters. The van der Waals surface area contributed by atoms with Gasteiger partial charge in [0.15, 0.2) is 17.8 Å². The summed E-state index contributed by atoms with van der Waals surface area (Å²) in [7, 11) is 0. The van der Waals surface area contributed by atoms with Crippen LogP contribution in [0.1, 0.15) is 11.1 Å². The van der Waals surface area contributed by atoms with Gasteiger partial charge in [-0.05, 0) is 12.1 Å². The molecule has 1 aliphatic rings. The molecule has 3 aromatic rings. The number of nitro benzene ring substituents is 1. The van der Waals surface area contributed by atoms with Crippen LogP contribution in [0.3, 0.4) is 0 Å². The highest BCUT2D eigenvalue weighted by Crippen LogP contribution is 2.36. The van der Waals surface area contributed by atoms with E-state index >= 15 is 0 Å². The zero-order chi connectivity index (χ0) is 21.1. The highest BCUT2D eigenvalue weighted by atomic mass is 35.5. The lowest BCUT2D eigenvalue weighted by Crippen LogP contribution is -2.13. The minimum absolute atomic E-state index is 0.00521. The molecule has 2 aromatic carbocycles. The third-order valence-corrected chi connectivity index (χ3v) is 5.70. The Balaban J connectivity index is 1.65. The van der Waals surface area contributed by atoms with E-state index in [0.29, 0.717) is 45.2 Å². The summed E-state index contributed by atoms with van der Waals surface area (Å²) in [4.78, 5) is 10.9. The standard InChI is InChI=1S/C20H17ClN4O4S/c1-2-6-24-19(13-4-3-5-16(21)7-13)22-23-20(24)30-11-15-9-17(25(26)27)8-14-10-28-12-29-18(14)15/h2-5,7-9H,1,6,10-12H2. The first-order valence-electron chi connectivity index (χ1n) is 9.00. The van der Waals surface area contributed by atoms with Crippen molar-refractivity contribution in [2.24, 2.45) is 0 Å². The van der Waals surface area contributed by atoms with Gasteiger partial charge in [0.2, 0.25) is 0 Å². The molecule has 0 radical (unpaired) electrons. The lowest BCUT2D eigenvalue weighted by Gasteiger charge is -2.20. The lowest BCUT2D eigenvalue weighted by molar-refractivity contribution is -0.385. The number of fused-ring (bicyclic) bond motifs is 1. The van der Waals surface area contributed by atoms with Crippen molar-refractivity contribution in [2.75, 3.05) is 6.79 Å². The average Bonchev–Trinajstić information content (AvgIpc) is 3.14. The summed E-state index contributed by atoms with van der Waals surface area (Å²) in [5, 5.41) is 21.2. The molecule has 8 nitrogen and oxygen atoms in total. The first-order valence-corrected chi connectivity index (χ1v) is 10.4. The number of benzene rings is 2. The Morgan fingerprint density at radius 2 is 2.20 bits per heavy atom. The van der Waals surface area contributed by atoms with Crippen molar-refractivity contribution in [3.8, 4) is 17.1 Å². The van der Waals surface area contributed by atoms with Crippen LogP contribution in [-0.2, 0) is 23.6 Å². The van der Waals surface area contributed by atoms with E-state index in [-0.39, 0.29) is 19.1 Å². The highest BCUT2D eigenvalue weighted by Gasteiger charge is 2.22. The quantitative estimate of drug-likeness (QED) is 0.222. The maximum Gasteiger partial charge on any atom is 0.270 e. The Morgan fingerprint density at radius 1 is 1.33 bits per heavy atom. The maximum absolute atomic E-state index is 11.3. The van der Waals surface area contributed by atoms with Crippen LogP contribution in [0, 0.1) is 10.1 Å². The van der Waals surface area contributed by atoms with Crippen LogP contribution in [0.5, 0.6) is 5.75 Å². The van der Waals surface area contributed by atoms with Crippen LogP contribution in [0.25, 0.3) is 11.4 Å². The fraction of sp³-hybridized carbons (Fsp3) is 0.200. The Kier molecular flexibility index (Phi) is 6.03. The minimum Gasteiger partial charge on any atom is -0.467 e. The third kappa shape index (κ3) is 4.18. The molecule has 0 aliphatic carbocycles. The molecule has 0 amide bonds. The van der Waals surface area contributed by atoms with Gasteiger partial charge in [-0.1, -0.05) is 41.6 Å². The highest BCUT2D eigenvalue weighted by molar-refractivity contribution is 7.98. The van der Waals surface area contributed by atoms with Crippen molar-refractivity contribution >= 4 is 29.1 Å². The molecule has 0 saturated carbocycles. The molecule has 0 fully saturated rings. The fourth-order valence-electron chi connectivity index (χ4n) is 3.17. The van der Waals surface area contributed by atoms with Crippen LogP contribution in [0.2, 0.25) is 5.02 Å². The Labute approximate surface area is 181 Å². The van der Waals surface area contributed by atoms with Gasteiger partial charge in [0.25, 0.3) is 5.69 Å². The predicted molar refractivity (Wildman–Crippen MR) is 114 cm³/mol. The van der Waals surface area contributed by atoms with Crippen molar-refractivity contribution in [1.82, 2.24) is 14.8 Å². The van der Waals surface area contributed by atoms with Gasteiger partial charge in [-0.3, -0.25) is 14.7 Å². The molecule has 10 heteroatoms. The molecule has 1 aliphatic heterocycles. The van der Waals surface area contributed by atoms with Crippen molar-refractivity contribution in [3.05, 3.63) is 75.3 Å². The molecular weight excluding hydrogens is 428 g/mol. The van der Waals surface area contributed by atoms with Gasteiger partial charge in [0, 0.05) is 46.1 Å². The predicted octanol–water partition coefficient (Wildman–Crippen LogP) is 4.85. The van der Waals surface area contributed by atoms with Crippen molar-refractivity contribution in [2.45, 2.75) is 24.1 Å². The van der Waals surface area contributed by atoms with Gasteiger partial charge >= 0.3 is 0 Å². The van der Waals surface area contributed by atoms with E-state index in [1.165, 1.54) is 23.9 Å². The zero-order valence-electron chi connectivity index (χ0n) is 15.8. The monoisotopic (exact) mass is 444 g/mol. The lowest BCUT2D eigenvalue weighted by atomic mass is 10.1. The Morgan fingerprint density at radius 3 is 2.97 bits per heavy atom. The molecular formula is C20H17ClN4O4S. The van der Waals surface area contributed by atoms with E-state index in [0.717, 1.165) is 5.56 Å². The zero-order valence-corrected chi connectivity index (χ0v) is 17.4. The number of ether oxygens (including phenoxy) is 2. The van der Waals surface area contributed by atoms with E-state index in [2.05, 4.69) is 16.8 Å². The maximum atomic E-state index is 11.3. The number of halogens is 1. The molecule has 4 rings (SSSR count). The number of hydrogen-bond donors (Lipinski definition) is 0. The van der Waals surface area contributed by atoms with E-state index in [1.807, 2.05) is 22.8 Å². The summed E-state index contributed by atoms with van der Waals surface area (Å²) in [6.07, 6.45) is 1.76. The Hall–Kier alpha value is -2.88. The molecule has 0 N–H and O–H groups in total.